The van der Waals surface area contributed by atoms with Gasteiger partial charge >= 0.3 is 17.9 Å². The van der Waals surface area contributed by atoms with E-state index in [4.69, 9.17) is 14.2 Å². The minimum absolute atomic E-state index is 0.0745. The second kappa shape index (κ2) is 44.3. The quantitative estimate of drug-likeness (QED) is 0.0266. The molecule has 6 heteroatoms. The summed E-state index contributed by atoms with van der Waals surface area (Å²) in [7, 11) is 0. The highest BCUT2D eigenvalue weighted by molar-refractivity contribution is 5.71. The summed E-state index contributed by atoms with van der Waals surface area (Å²) in [4.78, 5) is 37.7. The first kappa shape index (κ1) is 52.6. The van der Waals surface area contributed by atoms with E-state index in [2.05, 4.69) is 57.2 Å². The molecule has 0 radical (unpaired) electrons. The maximum atomic E-state index is 12.7. The van der Waals surface area contributed by atoms with Gasteiger partial charge < -0.3 is 14.2 Å². The molecular weight excluding hydrogens is 685 g/mol. The van der Waals surface area contributed by atoms with Gasteiger partial charge in [-0.2, -0.15) is 0 Å². The lowest BCUT2D eigenvalue weighted by Gasteiger charge is -2.18. The van der Waals surface area contributed by atoms with Crippen LogP contribution in [-0.2, 0) is 28.6 Å². The molecular formula is C49H88O6. The Balaban J connectivity index is 4.35. The number of carbonyl (C=O) groups is 3. The molecule has 0 rings (SSSR count). The van der Waals surface area contributed by atoms with Gasteiger partial charge in [0.15, 0.2) is 6.10 Å². The molecule has 0 saturated carbocycles. The molecule has 0 heterocycles. The summed E-state index contributed by atoms with van der Waals surface area (Å²) in [6.45, 7) is 6.49. The Labute approximate surface area is 340 Å². The molecule has 1 unspecified atom stereocenters. The van der Waals surface area contributed by atoms with Crippen LogP contribution < -0.4 is 0 Å². The molecule has 0 aliphatic rings. The predicted octanol–water partition coefficient (Wildman–Crippen LogP) is 15.0. The third-order valence-electron chi connectivity index (χ3n) is 10.2. The van der Waals surface area contributed by atoms with Crippen molar-refractivity contribution in [2.45, 2.75) is 245 Å². The lowest BCUT2D eigenvalue weighted by atomic mass is 10.0. The molecule has 0 saturated heterocycles. The van der Waals surface area contributed by atoms with Crippen LogP contribution in [0.1, 0.15) is 239 Å². The molecule has 6 nitrogen and oxygen atoms in total. The standard InChI is InChI=1S/C49H88O6/c1-4-7-10-13-16-19-21-23-24-26-27-30-33-36-39-42-48(51)54-45-46(44-53-47(50)41-38-35-32-29-18-15-12-9-6-3)55-49(52)43-40-37-34-31-28-25-22-20-17-14-11-8-5-2/h7,10,16,19,23-24,46H,4-6,8-9,11-15,17-18,20-22,25-45H2,1-3H3/b10-7-,19-16-,24-23-. The topological polar surface area (TPSA) is 78.9 Å². The molecule has 0 aliphatic carbocycles. The first-order valence-electron chi connectivity index (χ1n) is 23.5. The average molecular weight is 773 g/mol. The van der Waals surface area contributed by atoms with E-state index < -0.39 is 6.10 Å². The van der Waals surface area contributed by atoms with Gasteiger partial charge in [-0.05, 0) is 51.4 Å². The van der Waals surface area contributed by atoms with Crippen molar-refractivity contribution in [2.75, 3.05) is 13.2 Å². The molecule has 0 amide bonds. The van der Waals surface area contributed by atoms with Gasteiger partial charge in [-0.3, -0.25) is 14.4 Å². The van der Waals surface area contributed by atoms with Gasteiger partial charge in [0.2, 0.25) is 0 Å². The van der Waals surface area contributed by atoms with Gasteiger partial charge in [0.05, 0.1) is 0 Å². The zero-order valence-corrected chi connectivity index (χ0v) is 36.4. The van der Waals surface area contributed by atoms with E-state index in [1.165, 1.54) is 103 Å². The lowest BCUT2D eigenvalue weighted by molar-refractivity contribution is -0.167. The summed E-state index contributed by atoms with van der Waals surface area (Å²) in [6.07, 6.45) is 49.8. The van der Waals surface area contributed by atoms with Crippen LogP contribution in [0.3, 0.4) is 0 Å². The average Bonchev–Trinajstić information content (AvgIpc) is 3.18. The van der Waals surface area contributed by atoms with E-state index in [0.29, 0.717) is 19.3 Å². The molecule has 0 aromatic carbocycles. The SMILES string of the molecule is CC/C=C\C/C=C\C/C=C\CCCCCCCC(=O)OCC(COC(=O)CCCCCCCCCCC)OC(=O)CCCCCCCCCCCCCCC. The van der Waals surface area contributed by atoms with Crippen molar-refractivity contribution in [3.63, 3.8) is 0 Å². The number of unbranched alkanes of at least 4 members (excludes halogenated alkanes) is 25. The summed E-state index contributed by atoms with van der Waals surface area (Å²) < 4.78 is 16.7. The van der Waals surface area contributed by atoms with E-state index >= 15 is 0 Å². The number of esters is 3. The van der Waals surface area contributed by atoms with Crippen molar-refractivity contribution in [1.82, 2.24) is 0 Å². The van der Waals surface area contributed by atoms with Crippen LogP contribution in [0.15, 0.2) is 36.5 Å². The molecule has 0 fully saturated rings. The Bertz CT molecular complexity index is 938. The highest BCUT2D eigenvalue weighted by atomic mass is 16.6. The third kappa shape index (κ3) is 42.6. The molecule has 0 N–H and O–H groups in total. The van der Waals surface area contributed by atoms with Crippen LogP contribution >= 0.6 is 0 Å². The van der Waals surface area contributed by atoms with Crippen LogP contribution in [0.5, 0.6) is 0 Å². The maximum Gasteiger partial charge on any atom is 0.306 e. The molecule has 320 valence electrons. The van der Waals surface area contributed by atoms with Crippen molar-refractivity contribution in [1.29, 1.82) is 0 Å². The van der Waals surface area contributed by atoms with Gasteiger partial charge in [0.25, 0.3) is 0 Å². The zero-order chi connectivity index (χ0) is 40.1. The Morgan fingerprint density at radius 1 is 0.382 bits per heavy atom. The minimum atomic E-state index is -0.771. The van der Waals surface area contributed by atoms with Crippen molar-refractivity contribution in [3.8, 4) is 0 Å². The van der Waals surface area contributed by atoms with Gasteiger partial charge in [-0.1, -0.05) is 205 Å². The summed E-state index contributed by atoms with van der Waals surface area (Å²) in [5.41, 5.74) is 0. The van der Waals surface area contributed by atoms with E-state index in [9.17, 15) is 14.4 Å². The molecule has 0 bridgehead atoms. The Hall–Kier alpha value is -2.37. The molecule has 1 atom stereocenters. The third-order valence-corrected chi connectivity index (χ3v) is 10.2. The Morgan fingerprint density at radius 2 is 0.709 bits per heavy atom. The zero-order valence-electron chi connectivity index (χ0n) is 36.4. The molecule has 0 aliphatic heterocycles. The Morgan fingerprint density at radius 3 is 1.11 bits per heavy atom. The minimum Gasteiger partial charge on any atom is -0.462 e. The van der Waals surface area contributed by atoms with Gasteiger partial charge in [-0.25, -0.2) is 0 Å². The van der Waals surface area contributed by atoms with Crippen molar-refractivity contribution in [2.24, 2.45) is 0 Å². The molecule has 0 spiro atoms. The number of hydrogen-bond donors (Lipinski definition) is 0. The number of allylic oxidation sites excluding steroid dienone is 6. The monoisotopic (exact) mass is 773 g/mol. The normalized spacial score (nSPS) is 12.3. The van der Waals surface area contributed by atoms with Crippen LogP contribution in [0, 0.1) is 0 Å². The number of rotatable bonds is 42. The summed E-state index contributed by atoms with van der Waals surface area (Å²) in [5, 5.41) is 0. The van der Waals surface area contributed by atoms with Crippen molar-refractivity contribution >= 4 is 17.9 Å². The van der Waals surface area contributed by atoms with E-state index in [-0.39, 0.29) is 31.1 Å². The van der Waals surface area contributed by atoms with E-state index in [1.54, 1.807) is 0 Å². The first-order valence-corrected chi connectivity index (χ1v) is 23.5. The lowest BCUT2D eigenvalue weighted by Crippen LogP contribution is -2.30. The van der Waals surface area contributed by atoms with Crippen LogP contribution in [0.25, 0.3) is 0 Å². The highest BCUT2D eigenvalue weighted by Gasteiger charge is 2.19. The maximum absolute atomic E-state index is 12.7. The fourth-order valence-corrected chi connectivity index (χ4v) is 6.63. The largest absolute Gasteiger partial charge is 0.462 e. The molecule has 55 heavy (non-hydrogen) atoms. The highest BCUT2D eigenvalue weighted by Crippen LogP contribution is 2.15. The van der Waals surface area contributed by atoms with Crippen LogP contribution in [0.4, 0.5) is 0 Å². The van der Waals surface area contributed by atoms with Crippen molar-refractivity contribution < 1.29 is 28.6 Å². The van der Waals surface area contributed by atoms with Gasteiger partial charge in [0, 0.05) is 19.3 Å². The summed E-state index contributed by atoms with van der Waals surface area (Å²) in [6, 6.07) is 0. The predicted molar refractivity (Wildman–Crippen MR) is 233 cm³/mol. The second-order valence-corrected chi connectivity index (χ2v) is 15.6. The van der Waals surface area contributed by atoms with Crippen LogP contribution in [-0.4, -0.2) is 37.2 Å². The van der Waals surface area contributed by atoms with Gasteiger partial charge in [0.1, 0.15) is 13.2 Å². The fourth-order valence-electron chi connectivity index (χ4n) is 6.63. The van der Waals surface area contributed by atoms with Gasteiger partial charge in [-0.15, -0.1) is 0 Å². The summed E-state index contributed by atoms with van der Waals surface area (Å²) >= 11 is 0. The van der Waals surface area contributed by atoms with Crippen LogP contribution in [0.2, 0.25) is 0 Å². The Kier molecular flexibility index (Phi) is 42.4. The fraction of sp³-hybridized carbons (Fsp3) is 0.816. The van der Waals surface area contributed by atoms with E-state index in [1.807, 2.05) is 0 Å². The van der Waals surface area contributed by atoms with Crippen molar-refractivity contribution in [3.05, 3.63) is 36.5 Å². The first-order chi connectivity index (χ1) is 27.0. The molecule has 0 aromatic heterocycles. The number of ether oxygens (including phenoxy) is 3. The number of carbonyl (C=O) groups excluding carboxylic acids is 3. The second-order valence-electron chi connectivity index (χ2n) is 15.6. The van der Waals surface area contributed by atoms with E-state index in [0.717, 1.165) is 96.3 Å². The number of hydrogen-bond acceptors (Lipinski definition) is 6. The smallest absolute Gasteiger partial charge is 0.306 e. The summed E-state index contributed by atoms with van der Waals surface area (Å²) in [5.74, 6) is -0.889. The molecule has 0 aromatic rings.